The first-order valence-corrected chi connectivity index (χ1v) is 11.6. The number of nitrogens with two attached hydrogens (primary N) is 2. The quantitative estimate of drug-likeness (QED) is 0.250. The van der Waals surface area contributed by atoms with Crippen molar-refractivity contribution in [3.63, 3.8) is 0 Å². The van der Waals surface area contributed by atoms with E-state index in [4.69, 9.17) is 25.9 Å². The molecule has 0 radical (unpaired) electrons. The van der Waals surface area contributed by atoms with Crippen LogP contribution in [0.5, 0.6) is 5.75 Å². The van der Waals surface area contributed by atoms with E-state index in [0.717, 1.165) is 33.3 Å². The zero-order valence-corrected chi connectivity index (χ0v) is 20.3. The summed E-state index contributed by atoms with van der Waals surface area (Å²) in [5, 5.41) is 6.13. The van der Waals surface area contributed by atoms with Gasteiger partial charge in [0.25, 0.3) is 0 Å². The summed E-state index contributed by atoms with van der Waals surface area (Å²) < 4.78 is 15.2. The van der Waals surface area contributed by atoms with E-state index in [1.54, 1.807) is 25.4 Å². The maximum atomic E-state index is 12.1. The van der Waals surface area contributed by atoms with Crippen LogP contribution in [0.4, 0.5) is 0 Å². The van der Waals surface area contributed by atoms with Crippen LogP contribution in [-0.2, 0) is 17.8 Å². The minimum atomic E-state index is -0.530. The number of nitrogens with zero attached hydrogens (tertiary/aromatic N) is 5. The van der Waals surface area contributed by atoms with Gasteiger partial charge in [0.1, 0.15) is 17.1 Å². The molecule has 0 aliphatic rings. The molecule has 10 heteroatoms. The number of carbonyl (C=O) groups excluding carboxylic acids is 1. The standard InChI is InChI=1S/C25H31N7O3/c1-4-32-20(12-16(2)30-32)24-28-15-19-18-13-17(23(27)33)14-21(35-11-7-10-34-3)22(18)31(25(19)29-24)9-6-5-8-26/h5-6,12-15H,4,7-11,26H2,1-3H3,(H2,27,33). The molecule has 1 aromatic carbocycles. The molecule has 10 nitrogen and oxygen atoms in total. The van der Waals surface area contributed by atoms with Crippen molar-refractivity contribution in [2.45, 2.75) is 33.4 Å². The molecule has 0 saturated heterocycles. The third-order valence-electron chi connectivity index (χ3n) is 5.72. The number of fused-ring (bicyclic) bond motifs is 3. The third-order valence-corrected chi connectivity index (χ3v) is 5.72. The van der Waals surface area contributed by atoms with Gasteiger partial charge in [0.05, 0.1) is 17.8 Å². The Morgan fingerprint density at radius 1 is 1.17 bits per heavy atom. The fourth-order valence-electron chi connectivity index (χ4n) is 4.15. The summed E-state index contributed by atoms with van der Waals surface area (Å²) in [6.45, 7) is 6.62. The van der Waals surface area contributed by atoms with Gasteiger partial charge >= 0.3 is 0 Å². The average Bonchev–Trinajstić information content (AvgIpc) is 3.39. The van der Waals surface area contributed by atoms with Gasteiger partial charge in [0.2, 0.25) is 5.91 Å². The Balaban J connectivity index is 1.96. The van der Waals surface area contributed by atoms with Crippen LogP contribution in [0.2, 0.25) is 0 Å². The van der Waals surface area contributed by atoms with Crippen LogP contribution in [-0.4, -0.2) is 57.1 Å². The highest BCUT2D eigenvalue weighted by Gasteiger charge is 2.21. The second-order valence-electron chi connectivity index (χ2n) is 8.16. The van der Waals surface area contributed by atoms with E-state index in [1.807, 2.05) is 36.7 Å². The van der Waals surface area contributed by atoms with Crippen molar-refractivity contribution in [2.24, 2.45) is 11.5 Å². The van der Waals surface area contributed by atoms with Crippen LogP contribution in [0.15, 0.2) is 36.5 Å². The summed E-state index contributed by atoms with van der Waals surface area (Å²) >= 11 is 0. The second kappa shape index (κ2) is 10.7. The molecule has 3 heterocycles. The Morgan fingerprint density at radius 3 is 2.71 bits per heavy atom. The lowest BCUT2D eigenvalue weighted by Gasteiger charge is -2.12. The van der Waals surface area contributed by atoms with Crippen molar-refractivity contribution in [1.29, 1.82) is 0 Å². The van der Waals surface area contributed by atoms with Crippen molar-refractivity contribution in [3.05, 3.63) is 47.8 Å². The predicted molar refractivity (Wildman–Crippen MR) is 135 cm³/mol. The van der Waals surface area contributed by atoms with Crippen LogP contribution in [0.25, 0.3) is 33.5 Å². The van der Waals surface area contributed by atoms with Crippen LogP contribution < -0.4 is 16.2 Å². The number of hydrogen-bond donors (Lipinski definition) is 2. The van der Waals surface area contributed by atoms with Gasteiger partial charge in [-0.25, -0.2) is 9.97 Å². The van der Waals surface area contributed by atoms with E-state index in [-0.39, 0.29) is 0 Å². The summed E-state index contributed by atoms with van der Waals surface area (Å²) in [5.74, 6) is 0.601. The molecule has 0 aliphatic heterocycles. The molecule has 0 unspecified atom stereocenters. The van der Waals surface area contributed by atoms with Crippen LogP contribution in [0, 0.1) is 6.92 Å². The minimum Gasteiger partial charge on any atom is -0.491 e. The first-order chi connectivity index (χ1) is 17.0. The zero-order chi connectivity index (χ0) is 24.9. The molecule has 0 bridgehead atoms. The Hall–Kier alpha value is -3.76. The topological polar surface area (TPSA) is 136 Å². The van der Waals surface area contributed by atoms with E-state index < -0.39 is 5.91 Å². The van der Waals surface area contributed by atoms with Crippen LogP contribution in [0.1, 0.15) is 29.4 Å². The molecule has 0 saturated carbocycles. The van der Waals surface area contributed by atoms with Crippen molar-refractivity contribution >= 4 is 27.8 Å². The van der Waals surface area contributed by atoms with Crippen LogP contribution >= 0.6 is 0 Å². The number of carbonyl (C=O) groups is 1. The van der Waals surface area contributed by atoms with Gasteiger partial charge in [-0.1, -0.05) is 12.2 Å². The van der Waals surface area contributed by atoms with E-state index in [0.29, 0.717) is 56.4 Å². The van der Waals surface area contributed by atoms with Gasteiger partial charge in [-0.05, 0) is 32.0 Å². The Kier molecular flexibility index (Phi) is 7.42. The third kappa shape index (κ3) is 4.89. The van der Waals surface area contributed by atoms with E-state index in [2.05, 4.69) is 14.6 Å². The van der Waals surface area contributed by atoms with Gasteiger partial charge in [0.15, 0.2) is 5.82 Å². The Morgan fingerprint density at radius 2 is 2.00 bits per heavy atom. The maximum absolute atomic E-state index is 12.1. The first-order valence-electron chi connectivity index (χ1n) is 11.6. The molecule has 4 rings (SSSR count). The predicted octanol–water partition coefficient (Wildman–Crippen LogP) is 2.81. The van der Waals surface area contributed by atoms with Crippen molar-refractivity contribution < 1.29 is 14.3 Å². The number of aromatic nitrogens is 5. The van der Waals surface area contributed by atoms with Gasteiger partial charge in [0, 0.05) is 62.3 Å². The van der Waals surface area contributed by atoms with E-state index in [1.165, 1.54) is 0 Å². The largest absolute Gasteiger partial charge is 0.491 e. The number of hydrogen-bond acceptors (Lipinski definition) is 7. The highest BCUT2D eigenvalue weighted by Crippen LogP contribution is 2.36. The lowest BCUT2D eigenvalue weighted by atomic mass is 10.1. The van der Waals surface area contributed by atoms with Crippen LogP contribution in [0.3, 0.4) is 0 Å². The fraction of sp³-hybridized carbons (Fsp3) is 0.360. The molecule has 1 amide bonds. The lowest BCUT2D eigenvalue weighted by molar-refractivity contribution is 0.1000. The summed E-state index contributed by atoms with van der Waals surface area (Å²) in [6, 6.07) is 5.43. The van der Waals surface area contributed by atoms with Gasteiger partial charge in [-0.2, -0.15) is 5.10 Å². The molecule has 0 fully saturated rings. The molecule has 0 atom stereocenters. The normalized spacial score (nSPS) is 11.8. The number of methoxy groups -OCH3 is 1. The molecule has 0 spiro atoms. The van der Waals surface area contributed by atoms with Crippen molar-refractivity contribution in [3.8, 4) is 17.3 Å². The van der Waals surface area contributed by atoms with E-state index >= 15 is 0 Å². The molecule has 3 aromatic heterocycles. The fourth-order valence-corrected chi connectivity index (χ4v) is 4.15. The second-order valence-corrected chi connectivity index (χ2v) is 8.16. The molecular weight excluding hydrogens is 446 g/mol. The molecule has 4 N–H and O–H groups in total. The molecule has 0 aliphatic carbocycles. The summed E-state index contributed by atoms with van der Waals surface area (Å²) in [4.78, 5) is 21.7. The average molecular weight is 478 g/mol. The van der Waals surface area contributed by atoms with Gasteiger partial charge in [-0.15, -0.1) is 0 Å². The number of ether oxygens (including phenoxy) is 2. The first kappa shape index (κ1) is 24.4. The maximum Gasteiger partial charge on any atom is 0.248 e. The number of amides is 1. The summed E-state index contributed by atoms with van der Waals surface area (Å²) in [6.07, 6.45) is 6.37. The molecular formula is C25H31N7O3. The Bertz CT molecular complexity index is 1390. The smallest absolute Gasteiger partial charge is 0.248 e. The minimum absolute atomic E-state index is 0.361. The molecule has 184 valence electrons. The SMILES string of the molecule is CCn1nc(C)cc1-c1ncc2c3cc(C(N)=O)cc(OCCCOC)c3n(CC=CCN)c2n1. The number of aryl methyl sites for hydroxylation is 2. The van der Waals surface area contributed by atoms with Crippen molar-refractivity contribution in [1.82, 2.24) is 24.3 Å². The molecule has 35 heavy (non-hydrogen) atoms. The zero-order valence-electron chi connectivity index (χ0n) is 20.3. The number of rotatable bonds is 11. The van der Waals surface area contributed by atoms with E-state index in [9.17, 15) is 4.79 Å². The van der Waals surface area contributed by atoms with Gasteiger partial charge < -0.3 is 25.5 Å². The van der Waals surface area contributed by atoms with Gasteiger partial charge in [-0.3, -0.25) is 9.48 Å². The Labute approximate surface area is 203 Å². The molecule has 4 aromatic rings. The summed E-state index contributed by atoms with van der Waals surface area (Å²) in [7, 11) is 1.65. The highest BCUT2D eigenvalue weighted by molar-refractivity contribution is 6.11. The number of benzene rings is 1. The number of primary amides is 1. The summed E-state index contributed by atoms with van der Waals surface area (Å²) in [5.41, 5.74) is 15.0. The monoisotopic (exact) mass is 477 g/mol. The lowest BCUT2D eigenvalue weighted by Crippen LogP contribution is -2.12. The number of allylic oxidation sites excluding steroid dienone is 1. The highest BCUT2D eigenvalue weighted by atomic mass is 16.5. The van der Waals surface area contributed by atoms with Crippen molar-refractivity contribution in [2.75, 3.05) is 26.9 Å².